The summed E-state index contributed by atoms with van der Waals surface area (Å²) in [6.45, 7) is 0.729. The van der Waals surface area contributed by atoms with Crippen molar-refractivity contribution >= 4 is 16.9 Å². The van der Waals surface area contributed by atoms with E-state index >= 15 is 0 Å². The quantitative estimate of drug-likeness (QED) is 0.300. The third-order valence-corrected chi connectivity index (χ3v) is 6.64. The van der Waals surface area contributed by atoms with Crippen molar-refractivity contribution in [3.8, 4) is 51.6 Å². The summed E-state index contributed by atoms with van der Waals surface area (Å²) in [5, 5.41) is 20.9. The second-order valence-electron chi connectivity index (χ2n) is 8.85. The molecule has 4 aromatic rings. The van der Waals surface area contributed by atoms with Gasteiger partial charge in [-0.3, -0.25) is 9.59 Å². The van der Waals surface area contributed by atoms with Gasteiger partial charge in [0.25, 0.3) is 0 Å². The van der Waals surface area contributed by atoms with Crippen LogP contribution in [0.5, 0.6) is 40.2 Å². The molecule has 3 heterocycles. The number of hydrogen-bond acceptors (Lipinski definition) is 10. The lowest BCUT2D eigenvalue weighted by Gasteiger charge is -2.28. The Balaban J connectivity index is 1.60. The highest BCUT2D eigenvalue weighted by Crippen LogP contribution is 2.49. The lowest BCUT2D eigenvalue weighted by atomic mass is 9.84. The van der Waals surface area contributed by atoms with Crippen LogP contribution in [0, 0.1) is 0 Å². The highest BCUT2D eigenvalue weighted by molar-refractivity contribution is 5.93. The van der Waals surface area contributed by atoms with Crippen molar-refractivity contribution < 1.29 is 43.1 Å². The second-order valence-corrected chi connectivity index (χ2v) is 8.85. The Morgan fingerprint density at radius 2 is 1.66 bits per heavy atom. The van der Waals surface area contributed by atoms with Gasteiger partial charge in [0.1, 0.15) is 41.4 Å². The molecule has 3 aromatic carbocycles. The standard InChI is InChI=1S/C28H22O10/c1-33-19-4-3-13(7-16(19)29)20-11-17(30)26-18(31)12-21-25(28(26)38-20)15(10-24(32)37-21)14-8-22(34-2)27-23(9-14)35-5-6-36-27/h3-4,7-9,11-12,15,29,31H,5-6,10H2,1-2H3. The summed E-state index contributed by atoms with van der Waals surface area (Å²) < 4.78 is 33.8. The minimum absolute atomic E-state index is 0.0577. The molecule has 0 fully saturated rings. The minimum Gasteiger partial charge on any atom is -0.507 e. The van der Waals surface area contributed by atoms with Crippen molar-refractivity contribution in [2.45, 2.75) is 12.3 Å². The number of hydrogen-bond donors (Lipinski definition) is 2. The van der Waals surface area contributed by atoms with Gasteiger partial charge in [-0.25, -0.2) is 0 Å². The van der Waals surface area contributed by atoms with E-state index in [1.807, 2.05) is 0 Å². The van der Waals surface area contributed by atoms with Crippen LogP contribution >= 0.6 is 0 Å². The van der Waals surface area contributed by atoms with Crippen LogP contribution in [0.1, 0.15) is 23.5 Å². The van der Waals surface area contributed by atoms with E-state index in [0.717, 1.165) is 0 Å². The Morgan fingerprint density at radius 1 is 0.868 bits per heavy atom. The zero-order chi connectivity index (χ0) is 26.6. The fourth-order valence-corrected chi connectivity index (χ4v) is 4.92. The lowest BCUT2D eigenvalue weighted by molar-refractivity contribution is -0.135. The van der Waals surface area contributed by atoms with Crippen LogP contribution in [0.4, 0.5) is 0 Å². The molecule has 10 heteroatoms. The van der Waals surface area contributed by atoms with Gasteiger partial charge in [0.05, 0.1) is 20.6 Å². The molecule has 2 N–H and O–H groups in total. The van der Waals surface area contributed by atoms with Crippen LogP contribution in [0.2, 0.25) is 0 Å². The number of carbonyl (C=O) groups excluding carboxylic acids is 1. The Labute approximate surface area is 215 Å². The number of esters is 1. The van der Waals surface area contributed by atoms with Crippen molar-refractivity contribution in [1.29, 1.82) is 0 Å². The van der Waals surface area contributed by atoms with Gasteiger partial charge in [-0.15, -0.1) is 0 Å². The monoisotopic (exact) mass is 518 g/mol. The second kappa shape index (κ2) is 8.91. The van der Waals surface area contributed by atoms with Crippen molar-refractivity contribution in [2.75, 3.05) is 27.4 Å². The fraction of sp³-hybridized carbons (Fsp3) is 0.214. The van der Waals surface area contributed by atoms with Gasteiger partial charge in [0, 0.05) is 29.2 Å². The van der Waals surface area contributed by atoms with Crippen molar-refractivity contribution in [3.63, 3.8) is 0 Å². The Bertz CT molecular complexity index is 1650. The molecule has 194 valence electrons. The van der Waals surface area contributed by atoms with E-state index in [1.165, 1.54) is 32.4 Å². The first-order valence-corrected chi connectivity index (χ1v) is 11.8. The van der Waals surface area contributed by atoms with Crippen LogP contribution in [0.15, 0.2) is 51.7 Å². The number of fused-ring (bicyclic) bond motifs is 4. The third-order valence-electron chi connectivity index (χ3n) is 6.64. The number of carbonyl (C=O) groups is 1. The molecule has 1 aromatic heterocycles. The molecule has 0 saturated heterocycles. The van der Waals surface area contributed by atoms with Gasteiger partial charge < -0.3 is 38.3 Å². The molecule has 38 heavy (non-hydrogen) atoms. The summed E-state index contributed by atoms with van der Waals surface area (Å²) in [6, 6.07) is 10.5. The molecule has 0 spiro atoms. The maximum Gasteiger partial charge on any atom is 0.312 e. The van der Waals surface area contributed by atoms with Crippen LogP contribution in [0.3, 0.4) is 0 Å². The molecule has 0 saturated carbocycles. The van der Waals surface area contributed by atoms with Crippen LogP contribution in [-0.2, 0) is 4.79 Å². The Morgan fingerprint density at radius 3 is 2.42 bits per heavy atom. The average Bonchev–Trinajstić information content (AvgIpc) is 2.91. The zero-order valence-electron chi connectivity index (χ0n) is 20.4. The van der Waals surface area contributed by atoms with E-state index in [-0.39, 0.29) is 46.1 Å². The molecule has 0 amide bonds. The van der Waals surface area contributed by atoms with E-state index in [0.29, 0.717) is 47.2 Å². The fourth-order valence-electron chi connectivity index (χ4n) is 4.92. The molecule has 2 aliphatic heterocycles. The summed E-state index contributed by atoms with van der Waals surface area (Å²) in [7, 11) is 2.93. The normalized spacial score (nSPS) is 16.1. The number of ether oxygens (including phenoxy) is 5. The van der Waals surface area contributed by atoms with E-state index in [4.69, 9.17) is 28.1 Å². The number of methoxy groups -OCH3 is 2. The van der Waals surface area contributed by atoms with Gasteiger partial charge in [0.15, 0.2) is 28.4 Å². The predicted octanol–water partition coefficient (Wildman–Crippen LogP) is 4.10. The van der Waals surface area contributed by atoms with Gasteiger partial charge in [-0.05, 0) is 35.9 Å². The first-order valence-electron chi connectivity index (χ1n) is 11.8. The average molecular weight is 518 g/mol. The largest absolute Gasteiger partial charge is 0.507 e. The van der Waals surface area contributed by atoms with Gasteiger partial charge >= 0.3 is 5.97 Å². The minimum atomic E-state index is -0.623. The summed E-state index contributed by atoms with van der Waals surface area (Å²) >= 11 is 0. The Kier molecular flexibility index (Phi) is 5.52. The smallest absolute Gasteiger partial charge is 0.312 e. The molecule has 1 unspecified atom stereocenters. The maximum atomic E-state index is 13.2. The van der Waals surface area contributed by atoms with Gasteiger partial charge in [0.2, 0.25) is 5.75 Å². The number of phenols is 2. The molecule has 0 bridgehead atoms. The third kappa shape index (κ3) is 3.73. The molecular formula is C28H22O10. The van der Waals surface area contributed by atoms with E-state index in [9.17, 15) is 19.8 Å². The van der Waals surface area contributed by atoms with Gasteiger partial charge in [-0.2, -0.15) is 0 Å². The molecule has 0 aliphatic carbocycles. The number of benzene rings is 3. The highest BCUT2D eigenvalue weighted by Gasteiger charge is 2.35. The first kappa shape index (κ1) is 23.5. The van der Waals surface area contributed by atoms with Crippen LogP contribution in [-0.4, -0.2) is 43.6 Å². The van der Waals surface area contributed by atoms with E-state index in [2.05, 4.69) is 0 Å². The summed E-state index contributed by atoms with van der Waals surface area (Å²) in [6.07, 6.45) is -0.0626. The maximum absolute atomic E-state index is 13.2. The molecule has 2 aliphatic rings. The molecule has 0 radical (unpaired) electrons. The topological polar surface area (TPSA) is 134 Å². The van der Waals surface area contributed by atoms with E-state index in [1.54, 1.807) is 24.3 Å². The lowest BCUT2D eigenvalue weighted by Crippen LogP contribution is -2.22. The summed E-state index contributed by atoms with van der Waals surface area (Å²) in [5.41, 5.74) is 1.01. The van der Waals surface area contributed by atoms with Gasteiger partial charge in [-0.1, -0.05) is 0 Å². The van der Waals surface area contributed by atoms with Crippen molar-refractivity contribution in [2.24, 2.45) is 0 Å². The number of phenolic OH excluding ortho intramolecular Hbond substituents is 2. The van der Waals surface area contributed by atoms with Crippen LogP contribution < -0.4 is 29.1 Å². The molecule has 6 rings (SSSR count). The summed E-state index contributed by atoms with van der Waals surface area (Å²) in [5.74, 6) is 0.158. The van der Waals surface area contributed by atoms with Crippen molar-refractivity contribution in [3.05, 3.63) is 63.8 Å². The predicted molar refractivity (Wildman–Crippen MR) is 134 cm³/mol. The summed E-state index contributed by atoms with van der Waals surface area (Å²) in [4.78, 5) is 25.8. The zero-order valence-corrected chi connectivity index (χ0v) is 20.4. The highest BCUT2D eigenvalue weighted by atomic mass is 16.6. The van der Waals surface area contributed by atoms with Crippen molar-refractivity contribution in [1.82, 2.24) is 0 Å². The number of rotatable bonds is 4. The molecular weight excluding hydrogens is 496 g/mol. The number of aromatic hydroxyl groups is 2. The molecule has 1 atom stereocenters. The Hall–Kier alpha value is -4.86. The van der Waals surface area contributed by atoms with E-state index < -0.39 is 17.3 Å². The SMILES string of the molecule is COc1ccc(-c2cc(=O)c3c(O)cc4c(c3o2)C(c2cc(OC)c3c(c2)OCCO3)CC(=O)O4)cc1O. The molecule has 10 nitrogen and oxygen atoms in total. The van der Waals surface area contributed by atoms with Crippen LogP contribution in [0.25, 0.3) is 22.3 Å². The first-order chi connectivity index (χ1) is 18.4.